The third-order valence-electron chi connectivity index (χ3n) is 3.90. The van der Waals surface area contributed by atoms with Crippen molar-refractivity contribution in [3.8, 4) is 33.5 Å². The third-order valence-corrected chi connectivity index (χ3v) is 4.83. The van der Waals surface area contributed by atoms with Gasteiger partial charge < -0.3 is 9.47 Å². The van der Waals surface area contributed by atoms with Gasteiger partial charge in [-0.2, -0.15) is 9.61 Å². The van der Waals surface area contributed by atoms with Crippen LogP contribution in [-0.4, -0.2) is 34.0 Å². The normalized spacial score (nSPS) is 11.0. The first kappa shape index (κ1) is 15.6. The topological polar surface area (TPSA) is 61.5 Å². The number of nitrogens with zero attached hydrogens (tertiary/aromatic N) is 4. The van der Waals surface area contributed by atoms with Gasteiger partial charge in [0, 0.05) is 5.56 Å². The molecule has 0 spiro atoms. The van der Waals surface area contributed by atoms with E-state index < -0.39 is 0 Å². The molecule has 2 aromatic carbocycles. The number of rotatable bonds is 4. The van der Waals surface area contributed by atoms with Crippen LogP contribution in [0, 0.1) is 6.92 Å². The molecule has 0 aliphatic heterocycles. The van der Waals surface area contributed by atoms with E-state index in [2.05, 4.69) is 29.3 Å². The summed E-state index contributed by atoms with van der Waals surface area (Å²) >= 11 is 1.46. The molecule has 0 N–H and O–H groups in total. The van der Waals surface area contributed by atoms with Crippen LogP contribution in [0.25, 0.3) is 26.9 Å². The van der Waals surface area contributed by atoms with E-state index in [4.69, 9.17) is 14.6 Å². The number of fused-ring (bicyclic) bond motifs is 1. The maximum atomic E-state index is 5.52. The predicted molar refractivity (Wildman–Crippen MR) is 97.4 cm³/mol. The molecule has 2 heterocycles. The Kier molecular flexibility index (Phi) is 3.85. The Labute approximate surface area is 148 Å². The molecule has 0 saturated heterocycles. The van der Waals surface area contributed by atoms with Gasteiger partial charge in [0.1, 0.15) is 0 Å². The van der Waals surface area contributed by atoms with Crippen molar-refractivity contribution in [2.45, 2.75) is 6.92 Å². The highest BCUT2D eigenvalue weighted by atomic mass is 32.1. The number of para-hydroxylation sites is 1. The van der Waals surface area contributed by atoms with E-state index in [9.17, 15) is 0 Å². The monoisotopic (exact) mass is 352 g/mol. The fraction of sp³-hybridized carbons (Fsp3) is 0.167. The summed E-state index contributed by atoms with van der Waals surface area (Å²) in [6, 6.07) is 13.9. The van der Waals surface area contributed by atoms with Gasteiger partial charge in [-0.3, -0.25) is 0 Å². The minimum Gasteiger partial charge on any atom is -0.493 e. The van der Waals surface area contributed by atoms with E-state index in [1.165, 1.54) is 16.9 Å². The van der Waals surface area contributed by atoms with E-state index in [1.807, 2.05) is 30.3 Å². The van der Waals surface area contributed by atoms with Crippen LogP contribution in [0.1, 0.15) is 5.56 Å². The Morgan fingerprint density at radius 2 is 1.84 bits per heavy atom. The summed E-state index contributed by atoms with van der Waals surface area (Å²) in [5, 5.41) is 14.1. The van der Waals surface area contributed by atoms with Crippen LogP contribution in [0.4, 0.5) is 0 Å². The van der Waals surface area contributed by atoms with Crippen LogP contribution < -0.4 is 9.47 Å². The largest absolute Gasteiger partial charge is 0.493 e. The Bertz CT molecular complexity index is 1050. The lowest BCUT2D eigenvalue weighted by molar-refractivity contribution is 0.356. The van der Waals surface area contributed by atoms with Gasteiger partial charge in [0.25, 0.3) is 0 Å². The van der Waals surface area contributed by atoms with Gasteiger partial charge in [-0.1, -0.05) is 41.2 Å². The van der Waals surface area contributed by atoms with Gasteiger partial charge in [-0.15, -0.1) is 10.2 Å². The van der Waals surface area contributed by atoms with Crippen LogP contribution >= 0.6 is 11.3 Å². The van der Waals surface area contributed by atoms with Gasteiger partial charge in [0.15, 0.2) is 22.3 Å². The smallest absolute Gasteiger partial charge is 0.235 e. The zero-order valence-electron chi connectivity index (χ0n) is 14.1. The van der Waals surface area contributed by atoms with Crippen LogP contribution in [0.3, 0.4) is 0 Å². The van der Waals surface area contributed by atoms with Crippen molar-refractivity contribution in [2.75, 3.05) is 14.2 Å². The molecule has 0 saturated carbocycles. The quantitative estimate of drug-likeness (QED) is 0.558. The number of aryl methyl sites for hydroxylation is 1. The molecule has 126 valence electrons. The summed E-state index contributed by atoms with van der Waals surface area (Å²) in [7, 11) is 3.25. The highest BCUT2D eigenvalue weighted by Gasteiger charge is 2.18. The molecule has 2 aromatic heterocycles. The first-order chi connectivity index (χ1) is 12.2. The van der Waals surface area contributed by atoms with Crippen LogP contribution in [0.2, 0.25) is 0 Å². The molecule has 0 radical (unpaired) electrons. The predicted octanol–water partition coefficient (Wildman–Crippen LogP) is 3.85. The van der Waals surface area contributed by atoms with E-state index >= 15 is 0 Å². The molecule has 0 aliphatic carbocycles. The SMILES string of the molecule is COc1cccc(-c2nn3c(-c4cccc(C)c4)nnc3s2)c1OC. The molecule has 7 heteroatoms. The van der Waals surface area contributed by atoms with Crippen molar-refractivity contribution in [3.05, 3.63) is 48.0 Å². The van der Waals surface area contributed by atoms with Crippen molar-refractivity contribution in [1.29, 1.82) is 0 Å². The molecule has 0 atom stereocenters. The van der Waals surface area contributed by atoms with Crippen molar-refractivity contribution in [2.24, 2.45) is 0 Å². The summed E-state index contributed by atoms with van der Waals surface area (Å²) in [5.41, 5.74) is 3.02. The number of hydrogen-bond donors (Lipinski definition) is 0. The molecule has 4 aromatic rings. The fourth-order valence-electron chi connectivity index (χ4n) is 2.75. The van der Waals surface area contributed by atoms with Crippen molar-refractivity contribution in [1.82, 2.24) is 19.8 Å². The highest BCUT2D eigenvalue weighted by molar-refractivity contribution is 7.19. The van der Waals surface area contributed by atoms with Crippen molar-refractivity contribution < 1.29 is 9.47 Å². The van der Waals surface area contributed by atoms with Crippen LogP contribution in [-0.2, 0) is 0 Å². The molecule has 4 rings (SSSR count). The first-order valence-electron chi connectivity index (χ1n) is 7.72. The second-order valence-electron chi connectivity index (χ2n) is 5.54. The lowest BCUT2D eigenvalue weighted by Crippen LogP contribution is -1.94. The Morgan fingerprint density at radius 3 is 2.60 bits per heavy atom. The third kappa shape index (κ3) is 2.62. The Morgan fingerprint density at radius 1 is 1.00 bits per heavy atom. The van der Waals surface area contributed by atoms with E-state index in [1.54, 1.807) is 18.7 Å². The van der Waals surface area contributed by atoms with Gasteiger partial charge in [-0.25, -0.2) is 0 Å². The van der Waals surface area contributed by atoms with Gasteiger partial charge >= 0.3 is 0 Å². The maximum absolute atomic E-state index is 5.52. The average Bonchev–Trinajstić information content (AvgIpc) is 3.21. The van der Waals surface area contributed by atoms with Gasteiger partial charge in [0.05, 0.1) is 19.8 Å². The second-order valence-corrected chi connectivity index (χ2v) is 6.49. The first-order valence-corrected chi connectivity index (χ1v) is 8.53. The van der Waals surface area contributed by atoms with E-state index in [0.29, 0.717) is 11.5 Å². The molecule has 0 bridgehead atoms. The fourth-order valence-corrected chi connectivity index (χ4v) is 3.61. The number of ether oxygens (including phenoxy) is 2. The molecule has 25 heavy (non-hydrogen) atoms. The molecule has 0 aliphatic rings. The number of hydrogen-bond acceptors (Lipinski definition) is 6. The number of aromatic nitrogens is 4. The maximum Gasteiger partial charge on any atom is 0.235 e. The summed E-state index contributed by atoms with van der Waals surface area (Å²) in [6.45, 7) is 2.05. The summed E-state index contributed by atoms with van der Waals surface area (Å²) in [4.78, 5) is 0.733. The number of methoxy groups -OCH3 is 2. The van der Waals surface area contributed by atoms with Crippen LogP contribution in [0.15, 0.2) is 42.5 Å². The molecule has 0 fully saturated rings. The second kappa shape index (κ2) is 6.18. The standard InChI is InChI=1S/C18H16N4O2S/c1-11-6-4-7-12(10-11)16-19-20-18-22(16)21-17(25-18)13-8-5-9-14(23-2)15(13)24-3/h4-10H,1-3H3. The van der Waals surface area contributed by atoms with E-state index in [-0.39, 0.29) is 0 Å². The van der Waals surface area contributed by atoms with Gasteiger partial charge in [-0.05, 0) is 25.1 Å². The van der Waals surface area contributed by atoms with E-state index in [0.717, 1.165) is 26.9 Å². The summed E-state index contributed by atoms with van der Waals surface area (Å²) < 4.78 is 12.7. The number of benzene rings is 2. The minimum atomic E-state index is 0.659. The van der Waals surface area contributed by atoms with Crippen molar-refractivity contribution in [3.63, 3.8) is 0 Å². The molecule has 6 nitrogen and oxygen atoms in total. The highest BCUT2D eigenvalue weighted by Crippen LogP contribution is 2.39. The molecular weight excluding hydrogens is 336 g/mol. The zero-order chi connectivity index (χ0) is 17.4. The van der Waals surface area contributed by atoms with Crippen molar-refractivity contribution >= 4 is 16.3 Å². The Balaban J connectivity index is 1.87. The average molecular weight is 352 g/mol. The summed E-state index contributed by atoms with van der Waals surface area (Å²) in [5.74, 6) is 2.06. The van der Waals surface area contributed by atoms with Gasteiger partial charge in [0.2, 0.25) is 4.96 Å². The van der Waals surface area contributed by atoms with Crippen LogP contribution in [0.5, 0.6) is 11.5 Å². The lowest BCUT2D eigenvalue weighted by atomic mass is 10.1. The lowest BCUT2D eigenvalue weighted by Gasteiger charge is -2.10. The molecule has 0 unspecified atom stereocenters. The Hall–Kier alpha value is -2.93. The molecular formula is C18H16N4O2S. The zero-order valence-corrected chi connectivity index (χ0v) is 14.9. The molecule has 0 amide bonds. The minimum absolute atomic E-state index is 0.659. The summed E-state index contributed by atoms with van der Waals surface area (Å²) in [6.07, 6.45) is 0.